The number of halogens is 1. The number of nitrogens with two attached hydrogens (primary N) is 1. The summed E-state index contributed by atoms with van der Waals surface area (Å²) in [5.74, 6) is 0.775. The van der Waals surface area contributed by atoms with E-state index >= 15 is 0 Å². The number of aliphatic imine (C=N–C) groups is 1. The first-order chi connectivity index (χ1) is 13.0. The van der Waals surface area contributed by atoms with Gasteiger partial charge in [-0.2, -0.15) is 0 Å². The van der Waals surface area contributed by atoms with E-state index in [0.717, 1.165) is 24.0 Å². The van der Waals surface area contributed by atoms with Gasteiger partial charge in [-0.25, -0.2) is 4.99 Å². The van der Waals surface area contributed by atoms with Crippen LogP contribution in [0.15, 0.2) is 29.3 Å². The minimum atomic E-state index is -0.565. The summed E-state index contributed by atoms with van der Waals surface area (Å²) < 4.78 is 0. The lowest BCUT2D eigenvalue weighted by atomic mass is 9.87. The molecule has 1 aromatic rings. The average molecular weight is 501 g/mol. The SMILES string of the molecule is CCNC(=NCc1ccc(C(=O)NCC(N)=O)cc1)NC1CCC(C)CC1.I. The molecule has 0 aromatic heterocycles. The van der Waals surface area contributed by atoms with Crippen LogP contribution >= 0.6 is 24.0 Å². The first kappa shape index (κ1) is 24.2. The van der Waals surface area contributed by atoms with Crippen molar-refractivity contribution < 1.29 is 9.59 Å². The maximum atomic E-state index is 11.9. The van der Waals surface area contributed by atoms with Crippen molar-refractivity contribution in [2.75, 3.05) is 13.1 Å². The summed E-state index contributed by atoms with van der Waals surface area (Å²) in [5, 5.41) is 9.31. The van der Waals surface area contributed by atoms with Crippen LogP contribution in [0.5, 0.6) is 0 Å². The fourth-order valence-electron chi connectivity index (χ4n) is 3.12. The number of amides is 2. The van der Waals surface area contributed by atoms with Crippen molar-refractivity contribution in [2.45, 2.75) is 52.1 Å². The zero-order valence-electron chi connectivity index (χ0n) is 16.7. The van der Waals surface area contributed by atoms with Gasteiger partial charge in [0.25, 0.3) is 5.91 Å². The third kappa shape index (κ3) is 8.45. The van der Waals surface area contributed by atoms with E-state index in [0.29, 0.717) is 18.2 Å². The van der Waals surface area contributed by atoms with Crippen molar-refractivity contribution in [3.8, 4) is 0 Å². The third-order valence-electron chi connectivity index (χ3n) is 4.76. The minimum absolute atomic E-state index is 0. The Morgan fingerprint density at radius 2 is 1.75 bits per heavy atom. The van der Waals surface area contributed by atoms with Crippen LogP contribution in [0.4, 0.5) is 0 Å². The maximum Gasteiger partial charge on any atom is 0.251 e. The van der Waals surface area contributed by atoms with Crippen molar-refractivity contribution in [2.24, 2.45) is 16.6 Å². The number of carbonyl (C=O) groups is 2. The number of primary amides is 1. The van der Waals surface area contributed by atoms with E-state index in [1.807, 2.05) is 12.1 Å². The van der Waals surface area contributed by atoms with E-state index in [4.69, 9.17) is 5.73 Å². The third-order valence-corrected chi connectivity index (χ3v) is 4.76. The van der Waals surface area contributed by atoms with Crippen LogP contribution in [0.3, 0.4) is 0 Å². The van der Waals surface area contributed by atoms with Gasteiger partial charge >= 0.3 is 0 Å². The van der Waals surface area contributed by atoms with E-state index in [9.17, 15) is 9.59 Å². The molecule has 1 aromatic carbocycles. The van der Waals surface area contributed by atoms with Crippen LogP contribution in [0.1, 0.15) is 55.5 Å². The highest BCUT2D eigenvalue weighted by atomic mass is 127. The summed E-state index contributed by atoms with van der Waals surface area (Å²) in [6, 6.07) is 7.67. The van der Waals surface area contributed by atoms with E-state index in [-0.39, 0.29) is 36.4 Å². The molecule has 0 aliphatic heterocycles. The summed E-state index contributed by atoms with van der Waals surface area (Å²) in [4.78, 5) is 27.3. The first-order valence-electron chi connectivity index (χ1n) is 9.68. The van der Waals surface area contributed by atoms with E-state index < -0.39 is 5.91 Å². The molecule has 2 rings (SSSR count). The van der Waals surface area contributed by atoms with Crippen LogP contribution < -0.4 is 21.7 Å². The summed E-state index contributed by atoms with van der Waals surface area (Å²) in [7, 11) is 0. The highest BCUT2D eigenvalue weighted by Crippen LogP contribution is 2.23. The van der Waals surface area contributed by atoms with Gasteiger partial charge in [0, 0.05) is 18.2 Å². The minimum Gasteiger partial charge on any atom is -0.368 e. The molecule has 1 saturated carbocycles. The molecule has 28 heavy (non-hydrogen) atoms. The smallest absolute Gasteiger partial charge is 0.251 e. The van der Waals surface area contributed by atoms with Gasteiger partial charge in [0.15, 0.2) is 5.96 Å². The van der Waals surface area contributed by atoms with Crippen LogP contribution in [0, 0.1) is 5.92 Å². The average Bonchev–Trinajstić information content (AvgIpc) is 2.66. The summed E-state index contributed by atoms with van der Waals surface area (Å²) in [6.45, 7) is 5.55. The van der Waals surface area contributed by atoms with Crippen LogP contribution in [0.2, 0.25) is 0 Å². The van der Waals surface area contributed by atoms with Gasteiger partial charge in [-0.15, -0.1) is 24.0 Å². The van der Waals surface area contributed by atoms with E-state index in [1.165, 1.54) is 25.7 Å². The monoisotopic (exact) mass is 501 g/mol. The number of hydrogen-bond donors (Lipinski definition) is 4. The Kier molecular flexibility index (Phi) is 10.9. The van der Waals surface area contributed by atoms with Gasteiger partial charge in [-0.3, -0.25) is 9.59 Å². The van der Waals surface area contributed by atoms with Gasteiger partial charge in [-0.05, 0) is 56.2 Å². The van der Waals surface area contributed by atoms with Crippen LogP contribution in [0.25, 0.3) is 0 Å². The number of benzene rings is 1. The zero-order chi connectivity index (χ0) is 19.6. The van der Waals surface area contributed by atoms with Crippen molar-refractivity contribution in [1.29, 1.82) is 0 Å². The van der Waals surface area contributed by atoms with Gasteiger partial charge in [0.1, 0.15) is 0 Å². The van der Waals surface area contributed by atoms with Gasteiger partial charge in [0.05, 0.1) is 13.1 Å². The Hall–Kier alpha value is -1.84. The molecule has 156 valence electrons. The Morgan fingerprint density at radius 1 is 1.11 bits per heavy atom. The molecule has 2 amide bonds. The topological polar surface area (TPSA) is 109 Å². The number of nitrogens with zero attached hydrogens (tertiary/aromatic N) is 1. The molecule has 0 heterocycles. The second-order valence-electron chi connectivity index (χ2n) is 7.14. The van der Waals surface area contributed by atoms with Gasteiger partial charge < -0.3 is 21.7 Å². The molecule has 1 fully saturated rings. The fourth-order valence-corrected chi connectivity index (χ4v) is 3.12. The number of guanidine groups is 1. The normalized spacial score (nSPS) is 19.3. The molecule has 1 aliphatic rings. The van der Waals surface area contributed by atoms with Crippen molar-refractivity contribution >= 4 is 41.8 Å². The van der Waals surface area contributed by atoms with Crippen molar-refractivity contribution in [1.82, 2.24) is 16.0 Å². The largest absolute Gasteiger partial charge is 0.368 e. The lowest BCUT2D eigenvalue weighted by molar-refractivity contribution is -0.117. The van der Waals surface area contributed by atoms with Crippen LogP contribution in [-0.4, -0.2) is 36.9 Å². The van der Waals surface area contributed by atoms with E-state index in [1.54, 1.807) is 12.1 Å². The molecule has 0 atom stereocenters. The molecule has 0 unspecified atom stereocenters. The van der Waals surface area contributed by atoms with Crippen molar-refractivity contribution in [3.63, 3.8) is 0 Å². The Balaban J connectivity index is 0.00000392. The van der Waals surface area contributed by atoms with Crippen molar-refractivity contribution in [3.05, 3.63) is 35.4 Å². The molecule has 0 radical (unpaired) electrons. The zero-order valence-corrected chi connectivity index (χ0v) is 19.0. The molecule has 0 saturated heterocycles. The Bertz CT molecular complexity index is 655. The lowest BCUT2D eigenvalue weighted by Crippen LogP contribution is -2.44. The lowest BCUT2D eigenvalue weighted by Gasteiger charge is -2.28. The van der Waals surface area contributed by atoms with Gasteiger partial charge in [0.2, 0.25) is 5.91 Å². The van der Waals surface area contributed by atoms with E-state index in [2.05, 4.69) is 34.8 Å². The highest BCUT2D eigenvalue weighted by molar-refractivity contribution is 14.0. The fraction of sp³-hybridized carbons (Fsp3) is 0.550. The quantitative estimate of drug-likeness (QED) is 0.261. The predicted molar refractivity (Wildman–Crippen MR) is 123 cm³/mol. The summed E-state index contributed by atoms with van der Waals surface area (Å²) in [6.07, 6.45) is 4.88. The molecule has 8 heteroatoms. The van der Waals surface area contributed by atoms with Gasteiger partial charge in [-0.1, -0.05) is 19.1 Å². The molecule has 7 nitrogen and oxygen atoms in total. The number of hydrogen-bond acceptors (Lipinski definition) is 3. The molecule has 1 aliphatic carbocycles. The molecular weight excluding hydrogens is 469 g/mol. The molecule has 0 bridgehead atoms. The summed E-state index contributed by atoms with van der Waals surface area (Å²) >= 11 is 0. The number of rotatable bonds is 7. The molecular formula is C20H32IN5O2. The second-order valence-corrected chi connectivity index (χ2v) is 7.14. The predicted octanol–water partition coefficient (Wildman–Crippen LogP) is 2.15. The number of nitrogens with one attached hydrogen (secondary N) is 3. The summed E-state index contributed by atoms with van der Waals surface area (Å²) in [5.41, 5.74) is 6.53. The Morgan fingerprint density at radius 3 is 2.32 bits per heavy atom. The standard InChI is InChI=1S/C20H31N5O2.HI/c1-3-22-20(25-17-10-4-14(2)5-11-17)24-12-15-6-8-16(9-7-15)19(27)23-13-18(21)26;/h6-9,14,17H,3-5,10-13H2,1-2H3,(H2,21,26)(H,23,27)(H2,22,24,25);1H. The van der Waals surface area contributed by atoms with Crippen LogP contribution in [-0.2, 0) is 11.3 Å². The maximum absolute atomic E-state index is 11.9. The number of carbonyl (C=O) groups excluding carboxylic acids is 2. The Labute approximate surface area is 184 Å². The first-order valence-corrected chi connectivity index (χ1v) is 9.68. The molecule has 0 spiro atoms. The molecule has 5 N–H and O–H groups in total. The second kappa shape index (κ2) is 12.6. The highest BCUT2D eigenvalue weighted by Gasteiger charge is 2.18.